The number of para-hydroxylation sites is 2. The number of benzene rings is 1. The molecule has 3 heterocycles. The second-order valence-electron chi connectivity index (χ2n) is 6.03. The largest absolute Gasteiger partial charge is 0.359 e. The number of hydrogen-bond donors (Lipinski definition) is 1. The van der Waals surface area contributed by atoms with Gasteiger partial charge >= 0.3 is 0 Å². The van der Waals surface area contributed by atoms with Crippen LogP contribution in [0.3, 0.4) is 0 Å². The quantitative estimate of drug-likeness (QED) is 0.585. The van der Waals surface area contributed by atoms with Crippen LogP contribution in [0.15, 0.2) is 46.6 Å². The summed E-state index contributed by atoms with van der Waals surface area (Å²) >= 11 is 1.56. The number of carbonyl (C=O) groups excluding carboxylic acids is 1. The van der Waals surface area contributed by atoms with Crippen LogP contribution < -0.4 is 5.32 Å². The topological polar surface area (TPSA) is 85.8 Å². The normalized spacial score (nSPS) is 12.4. The second kappa shape index (κ2) is 6.72. The number of aromatic nitrogens is 4. The molecule has 0 unspecified atom stereocenters. The molecule has 1 atom stereocenters. The fourth-order valence-electron chi connectivity index (χ4n) is 2.72. The summed E-state index contributed by atoms with van der Waals surface area (Å²) in [6.45, 7) is 4.29. The van der Waals surface area contributed by atoms with Gasteiger partial charge in [-0.25, -0.2) is 9.97 Å². The highest BCUT2D eigenvalue weighted by Crippen LogP contribution is 2.17. The van der Waals surface area contributed by atoms with Gasteiger partial charge in [-0.2, -0.15) is 0 Å². The van der Waals surface area contributed by atoms with Gasteiger partial charge in [-0.05, 0) is 26.0 Å². The molecule has 0 aliphatic rings. The van der Waals surface area contributed by atoms with Crippen molar-refractivity contribution in [2.24, 2.45) is 0 Å². The Morgan fingerprint density at radius 2 is 2.23 bits per heavy atom. The summed E-state index contributed by atoms with van der Waals surface area (Å²) in [5, 5.41) is 9.69. The van der Waals surface area contributed by atoms with Gasteiger partial charge in [0.25, 0.3) is 5.91 Å². The fourth-order valence-corrected chi connectivity index (χ4v) is 3.43. The Balaban J connectivity index is 1.46. The van der Waals surface area contributed by atoms with Gasteiger partial charge in [0, 0.05) is 11.4 Å². The fraction of sp³-hybridized carbons (Fsp3) is 0.222. The maximum atomic E-state index is 12.4. The average Bonchev–Trinajstić information content (AvgIpc) is 3.36. The standard InChI is InChI=1S/C18H17N5O2S/c1-11(16-9-26-12(2)21-16)20-18(24)15-7-13(25-22-15)8-23-10-19-14-5-3-4-6-17(14)23/h3-7,9-11H,8H2,1-2H3,(H,20,24)/t11-/m1/s1. The minimum Gasteiger partial charge on any atom is -0.359 e. The third-order valence-corrected chi connectivity index (χ3v) is 4.86. The third-order valence-electron chi connectivity index (χ3n) is 4.07. The number of carbonyl (C=O) groups is 1. The van der Waals surface area contributed by atoms with Gasteiger partial charge in [0.05, 0.1) is 40.6 Å². The van der Waals surface area contributed by atoms with E-state index in [2.05, 4.69) is 20.4 Å². The molecule has 1 amide bonds. The van der Waals surface area contributed by atoms with Crippen LogP contribution in [-0.4, -0.2) is 25.6 Å². The minimum absolute atomic E-state index is 0.190. The van der Waals surface area contributed by atoms with Crippen LogP contribution in [0.5, 0.6) is 0 Å². The van der Waals surface area contributed by atoms with Gasteiger partial charge in [-0.1, -0.05) is 17.3 Å². The third kappa shape index (κ3) is 3.23. The van der Waals surface area contributed by atoms with Gasteiger partial charge in [-0.3, -0.25) is 4.79 Å². The first-order valence-electron chi connectivity index (χ1n) is 8.18. The Bertz CT molecular complexity index is 1060. The molecular formula is C18H17N5O2S. The lowest BCUT2D eigenvalue weighted by atomic mass is 10.2. The molecule has 0 fully saturated rings. The highest BCUT2D eigenvalue weighted by molar-refractivity contribution is 7.09. The summed E-state index contributed by atoms with van der Waals surface area (Å²) in [6.07, 6.45) is 1.75. The number of fused-ring (bicyclic) bond motifs is 1. The molecule has 7 nitrogen and oxygen atoms in total. The second-order valence-corrected chi connectivity index (χ2v) is 7.09. The van der Waals surface area contributed by atoms with E-state index in [1.54, 1.807) is 23.7 Å². The summed E-state index contributed by atoms with van der Waals surface area (Å²) in [5.74, 6) is 0.309. The van der Waals surface area contributed by atoms with Gasteiger partial charge in [0.15, 0.2) is 11.5 Å². The lowest BCUT2D eigenvalue weighted by Gasteiger charge is -2.09. The van der Waals surface area contributed by atoms with E-state index in [1.807, 2.05) is 48.1 Å². The molecule has 4 aromatic rings. The first-order valence-corrected chi connectivity index (χ1v) is 9.06. The van der Waals surface area contributed by atoms with Crippen LogP contribution in [0.2, 0.25) is 0 Å². The number of aryl methyl sites for hydroxylation is 1. The van der Waals surface area contributed by atoms with Crippen molar-refractivity contribution < 1.29 is 9.32 Å². The van der Waals surface area contributed by atoms with Crippen molar-refractivity contribution in [2.75, 3.05) is 0 Å². The summed E-state index contributed by atoms with van der Waals surface area (Å²) in [7, 11) is 0. The Morgan fingerprint density at radius 1 is 1.38 bits per heavy atom. The van der Waals surface area contributed by atoms with Crippen molar-refractivity contribution >= 4 is 28.3 Å². The molecule has 0 spiro atoms. The number of hydrogen-bond acceptors (Lipinski definition) is 6. The minimum atomic E-state index is -0.284. The van der Waals surface area contributed by atoms with Crippen LogP contribution in [0.4, 0.5) is 0 Å². The van der Waals surface area contributed by atoms with Crippen molar-refractivity contribution in [3.63, 3.8) is 0 Å². The van der Waals surface area contributed by atoms with Gasteiger partial charge in [0.2, 0.25) is 0 Å². The van der Waals surface area contributed by atoms with Crippen LogP contribution in [0.25, 0.3) is 11.0 Å². The average molecular weight is 367 g/mol. The van der Waals surface area contributed by atoms with Crippen LogP contribution in [-0.2, 0) is 6.54 Å². The molecule has 0 saturated carbocycles. The van der Waals surface area contributed by atoms with Crippen LogP contribution in [0, 0.1) is 6.92 Å². The highest BCUT2D eigenvalue weighted by atomic mass is 32.1. The lowest BCUT2D eigenvalue weighted by Crippen LogP contribution is -2.27. The van der Waals surface area contributed by atoms with Crippen LogP contribution in [0.1, 0.15) is 39.9 Å². The van der Waals surface area contributed by atoms with Crippen molar-refractivity contribution in [1.82, 2.24) is 25.0 Å². The van der Waals surface area contributed by atoms with Crippen molar-refractivity contribution in [3.8, 4) is 0 Å². The molecule has 3 aromatic heterocycles. The van der Waals surface area contributed by atoms with E-state index in [9.17, 15) is 4.79 Å². The van der Waals surface area contributed by atoms with E-state index >= 15 is 0 Å². The number of thiazole rings is 1. The van der Waals surface area contributed by atoms with Gasteiger partial charge in [-0.15, -0.1) is 11.3 Å². The van der Waals surface area contributed by atoms with Crippen LogP contribution >= 0.6 is 11.3 Å². The first kappa shape index (κ1) is 16.5. The molecule has 26 heavy (non-hydrogen) atoms. The molecule has 0 aliphatic heterocycles. The zero-order valence-corrected chi connectivity index (χ0v) is 15.2. The predicted octanol–water partition coefficient (Wildman–Crippen LogP) is 3.33. The molecule has 1 N–H and O–H groups in total. The number of amides is 1. The molecule has 1 aromatic carbocycles. The molecular weight excluding hydrogens is 350 g/mol. The summed E-state index contributed by atoms with van der Waals surface area (Å²) in [4.78, 5) is 21.1. The van der Waals surface area contributed by atoms with E-state index in [0.717, 1.165) is 21.7 Å². The van der Waals surface area contributed by atoms with Gasteiger partial charge < -0.3 is 14.4 Å². The molecule has 132 valence electrons. The Morgan fingerprint density at radius 3 is 3.04 bits per heavy atom. The van der Waals surface area contributed by atoms with Gasteiger partial charge in [0.1, 0.15) is 0 Å². The van der Waals surface area contributed by atoms with E-state index in [0.29, 0.717) is 12.3 Å². The van der Waals surface area contributed by atoms with E-state index in [4.69, 9.17) is 4.52 Å². The molecule has 8 heteroatoms. The van der Waals surface area contributed by atoms with Crippen molar-refractivity contribution in [1.29, 1.82) is 0 Å². The number of rotatable bonds is 5. The molecule has 0 aliphatic carbocycles. The summed E-state index contributed by atoms with van der Waals surface area (Å²) in [6, 6.07) is 9.31. The monoisotopic (exact) mass is 367 g/mol. The smallest absolute Gasteiger partial charge is 0.274 e. The summed E-state index contributed by atoms with van der Waals surface area (Å²) in [5.41, 5.74) is 3.01. The molecule has 4 rings (SSSR count). The maximum Gasteiger partial charge on any atom is 0.274 e. The van der Waals surface area contributed by atoms with E-state index in [-0.39, 0.29) is 17.6 Å². The summed E-state index contributed by atoms with van der Waals surface area (Å²) < 4.78 is 7.28. The number of nitrogens with zero attached hydrogens (tertiary/aromatic N) is 4. The SMILES string of the molecule is Cc1nc([C@@H](C)NC(=O)c2cc(Cn3cnc4ccccc43)on2)cs1. The zero-order chi connectivity index (χ0) is 18.1. The Hall–Kier alpha value is -3.00. The number of imidazole rings is 1. The molecule has 0 bridgehead atoms. The lowest BCUT2D eigenvalue weighted by molar-refractivity contribution is 0.0930. The number of nitrogens with one attached hydrogen (secondary N) is 1. The predicted molar refractivity (Wildman–Crippen MR) is 98.1 cm³/mol. The van der Waals surface area contributed by atoms with E-state index in [1.165, 1.54) is 0 Å². The Kier molecular flexibility index (Phi) is 4.26. The maximum absolute atomic E-state index is 12.4. The highest BCUT2D eigenvalue weighted by Gasteiger charge is 2.17. The van der Waals surface area contributed by atoms with Crippen molar-refractivity contribution in [2.45, 2.75) is 26.4 Å². The van der Waals surface area contributed by atoms with E-state index < -0.39 is 0 Å². The first-order chi connectivity index (χ1) is 12.6. The molecule has 0 saturated heterocycles. The Labute approximate surface area is 153 Å². The van der Waals surface area contributed by atoms with Crippen molar-refractivity contribution in [3.05, 3.63) is 64.2 Å². The molecule has 0 radical (unpaired) electrons. The zero-order valence-electron chi connectivity index (χ0n) is 14.3.